The zero-order valence-corrected chi connectivity index (χ0v) is 13.3. The summed E-state index contributed by atoms with van der Waals surface area (Å²) in [7, 11) is 0. The molecule has 1 aromatic heterocycles. The van der Waals surface area contributed by atoms with Gasteiger partial charge in [-0.25, -0.2) is 0 Å². The van der Waals surface area contributed by atoms with Gasteiger partial charge in [0.25, 0.3) is 5.91 Å². The zero-order chi connectivity index (χ0) is 15.7. The molecule has 1 aliphatic heterocycles. The Labute approximate surface area is 133 Å². The molecule has 114 valence electrons. The van der Waals surface area contributed by atoms with Gasteiger partial charge < -0.3 is 9.73 Å². The number of hydrogen-bond donors (Lipinski definition) is 1. The van der Waals surface area contributed by atoms with Crippen LogP contribution in [-0.2, 0) is 17.8 Å². The van der Waals surface area contributed by atoms with Gasteiger partial charge in [0.15, 0.2) is 0 Å². The molecule has 0 fully saturated rings. The average Bonchev–Trinajstić information content (AvgIpc) is 2.91. The van der Waals surface area contributed by atoms with Gasteiger partial charge in [-0.1, -0.05) is 0 Å². The zero-order valence-electron chi connectivity index (χ0n) is 12.5. The fourth-order valence-electron chi connectivity index (χ4n) is 2.41. The molecule has 1 N–H and O–H groups in total. The van der Waals surface area contributed by atoms with E-state index in [4.69, 9.17) is 4.42 Å². The maximum atomic E-state index is 12.2. The minimum atomic E-state index is -0.159. The fraction of sp³-hybridized carbons (Fsp3) is 0.294. The predicted molar refractivity (Wildman–Crippen MR) is 85.1 cm³/mol. The summed E-state index contributed by atoms with van der Waals surface area (Å²) in [6.07, 6.45) is 0.405. The van der Waals surface area contributed by atoms with Crippen molar-refractivity contribution in [3.05, 3.63) is 53.0 Å². The smallest absolute Gasteiger partial charge is 0.251 e. The molecule has 1 aliphatic rings. The Morgan fingerprint density at radius 1 is 1.36 bits per heavy atom. The van der Waals surface area contributed by atoms with Gasteiger partial charge in [-0.05, 0) is 49.7 Å². The molecule has 22 heavy (non-hydrogen) atoms. The summed E-state index contributed by atoms with van der Waals surface area (Å²) in [5.41, 5.74) is 1.51. The second-order valence-corrected chi connectivity index (χ2v) is 6.80. The topological polar surface area (TPSA) is 59.3 Å². The first-order valence-electron chi connectivity index (χ1n) is 7.19. The normalized spacial score (nSPS) is 17.2. The van der Waals surface area contributed by atoms with Gasteiger partial charge in [0.1, 0.15) is 17.3 Å². The Morgan fingerprint density at radius 2 is 2.18 bits per heavy atom. The number of thioether (sulfide) groups is 1. The van der Waals surface area contributed by atoms with Crippen LogP contribution < -0.4 is 5.32 Å². The first-order chi connectivity index (χ1) is 10.5. The lowest BCUT2D eigenvalue weighted by atomic mass is 10.0. The summed E-state index contributed by atoms with van der Waals surface area (Å²) < 4.78 is 5.42. The highest BCUT2D eigenvalue weighted by Gasteiger charge is 2.24. The molecule has 1 aromatic carbocycles. The van der Waals surface area contributed by atoms with Gasteiger partial charge in [0.2, 0.25) is 0 Å². The second-order valence-electron chi connectivity index (χ2n) is 5.42. The Morgan fingerprint density at radius 3 is 2.91 bits per heavy atom. The van der Waals surface area contributed by atoms with Crippen LogP contribution in [-0.4, -0.2) is 16.9 Å². The first kappa shape index (κ1) is 14.9. The van der Waals surface area contributed by atoms with E-state index in [-0.39, 0.29) is 16.9 Å². The van der Waals surface area contributed by atoms with E-state index in [1.54, 1.807) is 17.8 Å². The molecule has 0 aliphatic carbocycles. The number of carbonyl (C=O) groups excluding carboxylic acids is 2. The number of hydrogen-bond acceptors (Lipinski definition) is 4. The molecule has 2 heterocycles. The van der Waals surface area contributed by atoms with E-state index in [0.29, 0.717) is 18.5 Å². The van der Waals surface area contributed by atoms with Crippen LogP contribution >= 0.6 is 11.8 Å². The second kappa shape index (κ2) is 6.01. The van der Waals surface area contributed by atoms with E-state index in [1.165, 1.54) is 0 Å². The van der Waals surface area contributed by atoms with Crippen molar-refractivity contribution in [1.82, 2.24) is 5.32 Å². The number of carbonyl (C=O) groups is 2. The minimum absolute atomic E-state index is 0.00521. The molecule has 0 radical (unpaired) electrons. The molecule has 1 atom stereocenters. The van der Waals surface area contributed by atoms with Crippen molar-refractivity contribution in [2.45, 2.75) is 37.0 Å². The van der Waals surface area contributed by atoms with Crippen LogP contribution in [0.4, 0.5) is 0 Å². The average molecular weight is 315 g/mol. The number of amides is 1. The van der Waals surface area contributed by atoms with Crippen molar-refractivity contribution in [2.24, 2.45) is 0 Å². The summed E-state index contributed by atoms with van der Waals surface area (Å²) in [5, 5.41) is 2.83. The molecule has 1 unspecified atom stereocenters. The van der Waals surface area contributed by atoms with Crippen molar-refractivity contribution in [2.75, 3.05) is 0 Å². The molecule has 0 spiro atoms. The van der Waals surface area contributed by atoms with Gasteiger partial charge in [0, 0.05) is 16.9 Å². The van der Waals surface area contributed by atoms with Crippen LogP contribution in [0.15, 0.2) is 39.6 Å². The van der Waals surface area contributed by atoms with Crippen LogP contribution in [0.5, 0.6) is 0 Å². The monoisotopic (exact) mass is 315 g/mol. The lowest BCUT2D eigenvalue weighted by Crippen LogP contribution is -2.24. The Bertz CT molecular complexity index is 735. The van der Waals surface area contributed by atoms with Crippen molar-refractivity contribution in [3.63, 3.8) is 0 Å². The number of Topliss-reactive ketones (excluding diaryl/α,β-unsaturated/α-hetero) is 1. The number of benzene rings is 1. The van der Waals surface area contributed by atoms with Gasteiger partial charge in [0.05, 0.1) is 11.8 Å². The highest BCUT2D eigenvalue weighted by atomic mass is 32.2. The Balaban J connectivity index is 1.71. The van der Waals surface area contributed by atoms with Gasteiger partial charge in [-0.3, -0.25) is 9.59 Å². The van der Waals surface area contributed by atoms with E-state index in [2.05, 4.69) is 5.32 Å². The molecule has 5 heteroatoms. The molecule has 1 amide bonds. The number of furan rings is 1. The predicted octanol–water partition coefficient (Wildman–Crippen LogP) is 3.12. The quantitative estimate of drug-likeness (QED) is 0.945. The molecular weight excluding hydrogens is 298 g/mol. The highest BCUT2D eigenvalue weighted by Crippen LogP contribution is 2.33. The summed E-state index contributed by atoms with van der Waals surface area (Å²) in [6.45, 7) is 4.14. The van der Waals surface area contributed by atoms with Gasteiger partial charge in [-0.15, -0.1) is 11.8 Å². The van der Waals surface area contributed by atoms with Gasteiger partial charge in [-0.2, -0.15) is 0 Å². The molecular formula is C17H17NO3S. The fourth-order valence-corrected chi connectivity index (χ4v) is 3.44. The number of rotatable bonds is 3. The number of fused-ring (bicyclic) bond motifs is 1. The first-order valence-corrected chi connectivity index (χ1v) is 8.06. The standard InChI is InChI=1S/C17H17NO3S/c1-10-3-5-14(21-10)9-18-17(20)12-4-6-16-13(7-12)8-15(19)11(2)22-16/h3-7,11H,8-9H2,1-2H3,(H,18,20). The van der Waals surface area contributed by atoms with Crippen LogP contribution in [0.25, 0.3) is 0 Å². The third kappa shape index (κ3) is 3.09. The summed E-state index contributed by atoms with van der Waals surface area (Å²) in [6, 6.07) is 9.25. The number of aryl methyl sites for hydroxylation is 1. The molecule has 3 rings (SSSR count). The van der Waals surface area contributed by atoms with Crippen molar-refractivity contribution in [3.8, 4) is 0 Å². The molecule has 4 nitrogen and oxygen atoms in total. The van der Waals surface area contributed by atoms with Crippen LogP contribution in [0.1, 0.15) is 34.4 Å². The summed E-state index contributed by atoms with van der Waals surface area (Å²) in [5.74, 6) is 1.60. The van der Waals surface area contributed by atoms with Crippen LogP contribution in [0.2, 0.25) is 0 Å². The van der Waals surface area contributed by atoms with E-state index >= 15 is 0 Å². The summed E-state index contributed by atoms with van der Waals surface area (Å²) in [4.78, 5) is 25.1. The number of ketones is 1. The summed E-state index contributed by atoms with van der Waals surface area (Å²) >= 11 is 1.56. The van der Waals surface area contributed by atoms with E-state index in [1.807, 2.05) is 38.1 Å². The van der Waals surface area contributed by atoms with E-state index in [0.717, 1.165) is 22.0 Å². The van der Waals surface area contributed by atoms with E-state index in [9.17, 15) is 9.59 Å². The molecule has 0 saturated carbocycles. The molecule has 2 aromatic rings. The molecule has 0 saturated heterocycles. The van der Waals surface area contributed by atoms with E-state index < -0.39 is 0 Å². The van der Waals surface area contributed by atoms with Crippen molar-refractivity contribution < 1.29 is 14.0 Å². The highest BCUT2D eigenvalue weighted by molar-refractivity contribution is 8.00. The Kier molecular flexibility index (Phi) is 4.07. The third-order valence-electron chi connectivity index (χ3n) is 3.66. The maximum Gasteiger partial charge on any atom is 0.251 e. The third-order valence-corrected chi connectivity index (χ3v) is 4.93. The minimum Gasteiger partial charge on any atom is -0.465 e. The lowest BCUT2D eigenvalue weighted by Gasteiger charge is -2.20. The van der Waals surface area contributed by atoms with Crippen molar-refractivity contribution in [1.29, 1.82) is 0 Å². The largest absolute Gasteiger partial charge is 0.465 e. The lowest BCUT2D eigenvalue weighted by molar-refractivity contribution is -0.117. The van der Waals surface area contributed by atoms with Gasteiger partial charge >= 0.3 is 0 Å². The molecule has 0 bridgehead atoms. The Hall–Kier alpha value is -2.01. The maximum absolute atomic E-state index is 12.2. The van der Waals surface area contributed by atoms with Crippen LogP contribution in [0.3, 0.4) is 0 Å². The number of nitrogens with one attached hydrogen (secondary N) is 1. The van der Waals surface area contributed by atoms with Crippen molar-refractivity contribution >= 4 is 23.5 Å². The van der Waals surface area contributed by atoms with Crippen LogP contribution in [0, 0.1) is 6.92 Å². The SMILES string of the molecule is Cc1ccc(CNC(=O)c2ccc3c(c2)CC(=O)C(C)S3)o1.